The molecule has 0 amide bonds. The molecule has 2 atom stereocenters. The van der Waals surface area contributed by atoms with Gasteiger partial charge in [0.25, 0.3) is 0 Å². The predicted octanol–water partition coefficient (Wildman–Crippen LogP) is 5.37. The summed E-state index contributed by atoms with van der Waals surface area (Å²) in [5, 5.41) is 6.06. The predicted molar refractivity (Wildman–Crippen MR) is 261 cm³/mol. The molecule has 2 saturated heterocycles. The number of rotatable bonds is 7. The van der Waals surface area contributed by atoms with Crippen LogP contribution in [-0.2, 0) is 38.6 Å². The molecule has 0 bridgehead atoms. The fourth-order valence-corrected chi connectivity index (χ4v) is 8.88. The number of benzene rings is 2. The molecule has 4 aliphatic rings. The van der Waals surface area contributed by atoms with Gasteiger partial charge in [0, 0.05) is 39.7 Å². The van der Waals surface area contributed by atoms with E-state index in [1.165, 1.54) is 12.5 Å². The van der Waals surface area contributed by atoms with Crippen molar-refractivity contribution in [2.45, 2.75) is 63.1 Å². The van der Waals surface area contributed by atoms with E-state index in [1.54, 1.807) is 34.7 Å². The van der Waals surface area contributed by atoms with E-state index in [0.29, 0.717) is 99.2 Å². The molecule has 0 unspecified atom stereocenters. The van der Waals surface area contributed by atoms with E-state index < -0.39 is 29.2 Å². The third-order valence-electron chi connectivity index (χ3n) is 12.1. The topological polar surface area (TPSA) is 234 Å². The van der Waals surface area contributed by atoms with Crippen molar-refractivity contribution < 1.29 is 35.8 Å². The van der Waals surface area contributed by atoms with Crippen LogP contribution in [0.3, 0.4) is 0 Å². The molecule has 0 saturated carbocycles. The van der Waals surface area contributed by atoms with E-state index in [0.717, 1.165) is 28.0 Å². The number of imidazole rings is 2. The number of hydrogen-bond acceptors (Lipinski definition) is 18. The van der Waals surface area contributed by atoms with Gasteiger partial charge in [0.05, 0.1) is 60.6 Å². The zero-order valence-electron chi connectivity index (χ0n) is 39.4. The van der Waals surface area contributed by atoms with Crippen LogP contribution in [0.4, 0.5) is 23.5 Å². The molecule has 4 aromatic heterocycles. The Kier molecular flexibility index (Phi) is 14.4. The minimum absolute atomic E-state index is 0.0106. The van der Waals surface area contributed by atoms with E-state index in [-0.39, 0.29) is 17.4 Å². The maximum absolute atomic E-state index is 12.8. The highest BCUT2D eigenvalue weighted by Crippen LogP contribution is 2.45. The lowest BCUT2D eigenvalue weighted by Gasteiger charge is -2.41. The van der Waals surface area contributed by atoms with Gasteiger partial charge in [0.15, 0.2) is 42.8 Å². The van der Waals surface area contributed by atoms with Crippen molar-refractivity contribution in [3.05, 3.63) is 65.2 Å². The Labute approximate surface area is 396 Å². The first kappa shape index (κ1) is 49.4. The van der Waals surface area contributed by atoms with Crippen LogP contribution in [0.25, 0.3) is 28.0 Å². The third-order valence-corrected chi connectivity index (χ3v) is 16.4. The molecule has 6 aromatic rings. The maximum atomic E-state index is 12.8. The zero-order chi connectivity index (χ0) is 48.5. The lowest BCUT2D eigenvalue weighted by atomic mass is 10.1. The fourth-order valence-electron chi connectivity index (χ4n) is 7.73. The molecule has 0 spiro atoms. The van der Waals surface area contributed by atoms with E-state index >= 15 is 0 Å². The van der Waals surface area contributed by atoms with Crippen molar-refractivity contribution >= 4 is 76.9 Å². The maximum Gasteiger partial charge on any atom is 0.239 e. The molecule has 20 nitrogen and oxygen atoms in total. The molecule has 3 N–H and O–H groups in total. The van der Waals surface area contributed by atoms with E-state index in [2.05, 4.69) is 45.4 Å². The van der Waals surface area contributed by atoms with Gasteiger partial charge in [0.1, 0.15) is 34.1 Å². The number of para-hydroxylation sites is 4. The summed E-state index contributed by atoms with van der Waals surface area (Å²) in [5.74, 6) is 3.66. The second-order valence-corrected chi connectivity index (χ2v) is 22.4. The van der Waals surface area contributed by atoms with Gasteiger partial charge in [-0.05, 0) is 63.6 Å². The first-order valence-corrected chi connectivity index (χ1v) is 26.1. The van der Waals surface area contributed by atoms with Gasteiger partial charge in [-0.1, -0.05) is 38.1 Å². The Hall–Kier alpha value is -5.55. The molecule has 2 aromatic carbocycles. The Morgan fingerprint density at radius 3 is 1.73 bits per heavy atom. The van der Waals surface area contributed by atoms with Crippen LogP contribution in [0.15, 0.2) is 48.5 Å². The SMILES string of the molecule is CC.CC(C)(c1nc(Cl)nc2c1OC[C@@H]1COCCN21)S(C)(=O)=O.CNc1nc2ccccc2[nH]1.CNc1nc2ccccc2n1-c1nc2c(c(C(C)(C)S(C)(=O)=O)n1)OC[C@@H]1COCCN21. The molecule has 67 heavy (non-hydrogen) atoms. The van der Waals surface area contributed by atoms with Crippen LogP contribution in [0.5, 0.6) is 11.5 Å². The van der Waals surface area contributed by atoms with Crippen molar-refractivity contribution in [1.29, 1.82) is 0 Å². The minimum atomic E-state index is -3.52. The monoisotopic (exact) mass is 982 g/mol. The van der Waals surface area contributed by atoms with E-state index in [1.807, 2.05) is 74.0 Å². The Bertz CT molecular complexity index is 2930. The van der Waals surface area contributed by atoms with Gasteiger partial charge in [-0.25, -0.2) is 41.3 Å². The summed E-state index contributed by atoms with van der Waals surface area (Å²) >= 11 is 6.04. The van der Waals surface area contributed by atoms with Crippen LogP contribution in [-0.4, -0.2) is 148 Å². The normalized spacial score (nSPS) is 17.9. The molecule has 0 radical (unpaired) electrons. The number of sulfone groups is 2. The Balaban J connectivity index is 0.000000163. The molecule has 0 aliphatic carbocycles. The Morgan fingerprint density at radius 2 is 1.19 bits per heavy atom. The molecule has 2 fully saturated rings. The van der Waals surface area contributed by atoms with Gasteiger partial charge in [-0.3, -0.25) is 0 Å². The van der Waals surface area contributed by atoms with E-state index in [4.69, 9.17) is 40.5 Å². The highest BCUT2D eigenvalue weighted by molar-refractivity contribution is 7.91. The average Bonchev–Trinajstić information content (AvgIpc) is 3.93. The number of aromatic amines is 1. The molecule has 10 rings (SSSR count). The number of aromatic nitrogens is 8. The highest BCUT2D eigenvalue weighted by Gasteiger charge is 2.44. The van der Waals surface area contributed by atoms with Crippen molar-refractivity contribution in [2.75, 3.05) is 99.8 Å². The summed E-state index contributed by atoms with van der Waals surface area (Å²) in [7, 11) is -3.30. The molecular weight excluding hydrogens is 924 g/mol. The summed E-state index contributed by atoms with van der Waals surface area (Å²) in [6.07, 6.45) is 2.39. The van der Waals surface area contributed by atoms with Gasteiger partial charge in [0.2, 0.25) is 23.1 Å². The van der Waals surface area contributed by atoms with Crippen LogP contribution in [0, 0.1) is 0 Å². The first-order valence-electron chi connectivity index (χ1n) is 22.0. The van der Waals surface area contributed by atoms with Crippen molar-refractivity contribution in [3.8, 4) is 17.4 Å². The zero-order valence-corrected chi connectivity index (χ0v) is 41.8. The molecule has 4 aliphatic heterocycles. The minimum Gasteiger partial charge on any atom is -0.486 e. The number of ether oxygens (including phenoxy) is 4. The summed E-state index contributed by atoms with van der Waals surface area (Å²) in [6, 6.07) is 15.7. The summed E-state index contributed by atoms with van der Waals surface area (Å²) < 4.78 is 72.0. The van der Waals surface area contributed by atoms with Gasteiger partial charge >= 0.3 is 0 Å². The smallest absolute Gasteiger partial charge is 0.239 e. The first-order chi connectivity index (χ1) is 31.8. The van der Waals surface area contributed by atoms with E-state index in [9.17, 15) is 16.8 Å². The number of anilines is 4. The number of hydrogen-bond donors (Lipinski definition) is 3. The molecule has 23 heteroatoms. The van der Waals surface area contributed by atoms with Crippen molar-refractivity contribution in [2.24, 2.45) is 0 Å². The summed E-state index contributed by atoms with van der Waals surface area (Å²) in [4.78, 5) is 34.3. The van der Waals surface area contributed by atoms with Crippen LogP contribution < -0.4 is 29.9 Å². The van der Waals surface area contributed by atoms with Gasteiger partial charge in [-0.15, -0.1) is 0 Å². The number of morpholine rings is 2. The lowest BCUT2D eigenvalue weighted by molar-refractivity contribution is 0.0690. The molecular formula is C44H59ClN12O8S2. The Morgan fingerprint density at radius 1 is 0.672 bits per heavy atom. The molecule has 8 heterocycles. The summed E-state index contributed by atoms with van der Waals surface area (Å²) in [5.41, 5.74) is 4.30. The second kappa shape index (κ2) is 19.6. The summed E-state index contributed by atoms with van der Waals surface area (Å²) in [6.45, 7) is 14.8. The highest BCUT2D eigenvalue weighted by atomic mass is 35.5. The molecule has 362 valence electrons. The number of H-pyrrole nitrogens is 1. The van der Waals surface area contributed by atoms with Crippen LogP contribution in [0.2, 0.25) is 5.28 Å². The number of nitrogens with zero attached hydrogens (tertiary/aromatic N) is 9. The number of fused-ring (bicyclic) bond motifs is 8. The van der Waals surface area contributed by atoms with Crippen molar-refractivity contribution in [3.63, 3.8) is 0 Å². The van der Waals surface area contributed by atoms with Crippen LogP contribution in [0.1, 0.15) is 52.9 Å². The van der Waals surface area contributed by atoms with Crippen molar-refractivity contribution in [1.82, 2.24) is 39.5 Å². The quantitative estimate of drug-likeness (QED) is 0.171. The lowest BCUT2D eigenvalue weighted by Crippen LogP contribution is -2.52. The van der Waals surface area contributed by atoms with Gasteiger partial charge in [-0.2, -0.15) is 9.97 Å². The largest absolute Gasteiger partial charge is 0.486 e. The van der Waals surface area contributed by atoms with Gasteiger partial charge < -0.3 is 44.4 Å². The average molecular weight is 984 g/mol. The fraction of sp³-hybridized carbons (Fsp3) is 0.500. The number of halogens is 1. The standard InChI is InChI=1S/C21H26N6O4S.C13H18ClN3O4S.C8H9N3.C2H6/c1-21(2,32(4,28)29)17-16-18(26-9-10-30-11-13(26)12-31-16)25-20(24-17)27-15-8-6-5-7-14(15)23-19(27)22-3;1-13(2,22(3,18)19)10-9-11(16-12(14)15-10)17-4-5-20-6-8(17)7-21-9;1-9-8-10-6-4-2-3-5-7(6)11-8;1-2/h5-8,13H,9-12H2,1-4H3,(H,22,23);8H,4-7H2,1-3H3;2-5H,1H3,(H2,9,10,11);1-2H3/t13-;8-;;/m00../s1. The van der Waals surface area contributed by atoms with Crippen LogP contribution >= 0.6 is 11.6 Å². The number of nitrogens with one attached hydrogen (secondary N) is 3. The second-order valence-electron chi connectivity index (χ2n) is 16.9. The third kappa shape index (κ3) is 9.63.